The number of amides is 1. The maximum atomic E-state index is 11.6. The zero-order chi connectivity index (χ0) is 11.5. The lowest BCUT2D eigenvalue weighted by Gasteiger charge is -2.32. The molecule has 0 fully saturated rings. The molecule has 0 aromatic carbocycles. The van der Waals surface area contributed by atoms with Gasteiger partial charge >= 0.3 is 0 Å². The molecule has 15 heavy (non-hydrogen) atoms. The Bertz CT molecular complexity index is 322. The van der Waals surface area contributed by atoms with Crippen molar-refractivity contribution in [2.24, 2.45) is 11.7 Å². The Morgan fingerprint density at radius 1 is 1.67 bits per heavy atom. The Balaban J connectivity index is 2.72. The number of nitrogens with two attached hydrogens (primary N) is 1. The lowest BCUT2D eigenvalue weighted by atomic mass is 9.88. The summed E-state index contributed by atoms with van der Waals surface area (Å²) in [6.07, 6.45) is 0. The van der Waals surface area contributed by atoms with E-state index in [2.05, 4.69) is 25.9 Å². The molecule has 1 heterocycles. The van der Waals surface area contributed by atoms with Crippen molar-refractivity contribution in [1.29, 1.82) is 0 Å². The highest BCUT2D eigenvalue weighted by Gasteiger charge is 2.30. The lowest BCUT2D eigenvalue weighted by molar-refractivity contribution is 0.0872. The number of carbonyl (C=O) groups excluding carboxylic acids is 1. The van der Waals surface area contributed by atoms with Crippen LogP contribution >= 0.6 is 0 Å². The average molecular weight is 212 g/mol. The van der Waals surface area contributed by atoms with Crippen molar-refractivity contribution in [3.05, 3.63) is 5.82 Å². The zero-order valence-electron chi connectivity index (χ0n) is 9.11. The van der Waals surface area contributed by atoms with E-state index in [4.69, 9.17) is 5.73 Å². The van der Waals surface area contributed by atoms with Crippen molar-refractivity contribution in [3.8, 4) is 0 Å². The predicted octanol–water partition coefficient (Wildman–Crippen LogP) is -0.697. The molecular weight excluding hydrogens is 196 g/mol. The van der Waals surface area contributed by atoms with E-state index in [1.54, 1.807) is 0 Å². The molecule has 1 amide bonds. The van der Waals surface area contributed by atoms with Gasteiger partial charge in [-0.25, -0.2) is 0 Å². The monoisotopic (exact) mass is 212 g/mol. The van der Waals surface area contributed by atoms with Gasteiger partial charge in [0.15, 0.2) is 0 Å². The number of hydrogen-bond donors (Lipinski definition) is 3. The van der Waals surface area contributed by atoms with Crippen LogP contribution in [0.15, 0.2) is 0 Å². The highest BCUT2D eigenvalue weighted by Crippen LogP contribution is 2.14. The fourth-order valence-corrected chi connectivity index (χ4v) is 1.00. The lowest BCUT2D eigenvalue weighted by Crippen LogP contribution is -2.55. The first-order chi connectivity index (χ1) is 6.99. The second-order valence-corrected chi connectivity index (χ2v) is 3.97. The fourth-order valence-electron chi connectivity index (χ4n) is 1.00. The number of rotatable bonds is 4. The molecule has 0 aliphatic heterocycles. The van der Waals surface area contributed by atoms with E-state index < -0.39 is 5.54 Å². The van der Waals surface area contributed by atoms with Crippen LogP contribution in [-0.2, 0) is 0 Å². The summed E-state index contributed by atoms with van der Waals surface area (Å²) >= 11 is 0. The Hall–Kier alpha value is -1.50. The van der Waals surface area contributed by atoms with Crippen LogP contribution in [0.2, 0.25) is 0 Å². The molecule has 0 spiro atoms. The minimum atomic E-state index is -0.461. The molecule has 1 unspecified atom stereocenters. The first kappa shape index (κ1) is 11.6. The van der Waals surface area contributed by atoms with E-state index in [0.717, 1.165) is 0 Å². The molecule has 0 radical (unpaired) electrons. The van der Waals surface area contributed by atoms with Crippen molar-refractivity contribution in [1.82, 2.24) is 25.9 Å². The van der Waals surface area contributed by atoms with E-state index in [0.29, 0.717) is 6.54 Å². The van der Waals surface area contributed by atoms with Gasteiger partial charge in [0.05, 0.1) is 5.54 Å². The van der Waals surface area contributed by atoms with Gasteiger partial charge < -0.3 is 11.1 Å². The summed E-state index contributed by atoms with van der Waals surface area (Å²) in [5, 5.41) is 15.5. The Morgan fingerprint density at radius 2 is 2.33 bits per heavy atom. The van der Waals surface area contributed by atoms with Crippen LogP contribution in [0.3, 0.4) is 0 Å². The predicted molar refractivity (Wildman–Crippen MR) is 53.9 cm³/mol. The van der Waals surface area contributed by atoms with Crippen molar-refractivity contribution in [3.63, 3.8) is 0 Å². The molecule has 84 valence electrons. The molecule has 0 saturated carbocycles. The molecule has 1 aromatic rings. The summed E-state index contributed by atoms with van der Waals surface area (Å²) in [6.45, 7) is 6.22. The summed E-state index contributed by atoms with van der Waals surface area (Å²) in [6, 6.07) is 0. The summed E-state index contributed by atoms with van der Waals surface area (Å²) < 4.78 is 0. The van der Waals surface area contributed by atoms with Gasteiger partial charge in [0.1, 0.15) is 0 Å². The smallest absolute Gasteiger partial charge is 0.293 e. The van der Waals surface area contributed by atoms with Gasteiger partial charge in [0.25, 0.3) is 11.7 Å². The van der Waals surface area contributed by atoms with E-state index in [1.165, 1.54) is 0 Å². The molecular formula is C8H16N6O. The number of aromatic amines is 1. The van der Waals surface area contributed by atoms with Gasteiger partial charge in [0, 0.05) is 6.54 Å². The molecule has 4 N–H and O–H groups in total. The van der Waals surface area contributed by atoms with Crippen molar-refractivity contribution in [2.75, 3.05) is 6.54 Å². The van der Waals surface area contributed by atoms with Crippen molar-refractivity contribution >= 4 is 5.91 Å². The van der Waals surface area contributed by atoms with Crippen LogP contribution < -0.4 is 11.1 Å². The fraction of sp³-hybridized carbons (Fsp3) is 0.750. The topological polar surface area (TPSA) is 110 Å². The molecule has 7 heteroatoms. The van der Waals surface area contributed by atoms with E-state index >= 15 is 0 Å². The van der Waals surface area contributed by atoms with Crippen LogP contribution in [0.5, 0.6) is 0 Å². The molecule has 0 aliphatic rings. The number of nitrogens with one attached hydrogen (secondary N) is 2. The highest BCUT2D eigenvalue weighted by molar-refractivity contribution is 5.90. The third kappa shape index (κ3) is 2.50. The Morgan fingerprint density at radius 3 is 2.73 bits per heavy atom. The molecule has 0 bridgehead atoms. The molecule has 0 aliphatic carbocycles. The third-order valence-corrected chi connectivity index (χ3v) is 2.65. The standard InChI is InChI=1S/C8H16N6O/c1-5(2)8(3,4-9)10-7(15)6-11-13-14-12-6/h5H,4,9H2,1-3H3,(H,10,15)(H,11,12,13,14). The number of H-pyrrole nitrogens is 1. The van der Waals surface area contributed by atoms with Crippen molar-refractivity contribution in [2.45, 2.75) is 26.3 Å². The molecule has 1 atom stereocenters. The van der Waals surface area contributed by atoms with Gasteiger partial charge in [-0.2, -0.15) is 5.21 Å². The third-order valence-electron chi connectivity index (χ3n) is 2.65. The van der Waals surface area contributed by atoms with Crippen LogP contribution in [0, 0.1) is 5.92 Å². The van der Waals surface area contributed by atoms with Crippen molar-refractivity contribution < 1.29 is 4.79 Å². The second kappa shape index (κ2) is 4.35. The molecule has 1 aromatic heterocycles. The summed E-state index contributed by atoms with van der Waals surface area (Å²) in [5.41, 5.74) is 5.17. The van der Waals surface area contributed by atoms with Crippen LogP contribution in [-0.4, -0.2) is 38.6 Å². The first-order valence-corrected chi connectivity index (χ1v) is 4.75. The summed E-state index contributed by atoms with van der Waals surface area (Å²) in [7, 11) is 0. The Labute approximate surface area is 87.8 Å². The van der Waals surface area contributed by atoms with Crippen LogP contribution in [0.4, 0.5) is 0 Å². The van der Waals surface area contributed by atoms with Crippen LogP contribution in [0.1, 0.15) is 31.4 Å². The normalized spacial score (nSPS) is 15.0. The maximum absolute atomic E-state index is 11.6. The van der Waals surface area contributed by atoms with Gasteiger partial charge in [0.2, 0.25) is 0 Å². The van der Waals surface area contributed by atoms with E-state index in [1.807, 2.05) is 20.8 Å². The maximum Gasteiger partial charge on any atom is 0.293 e. The minimum Gasteiger partial charge on any atom is -0.343 e. The van der Waals surface area contributed by atoms with Gasteiger partial charge in [-0.15, -0.1) is 10.2 Å². The van der Waals surface area contributed by atoms with Gasteiger partial charge in [-0.1, -0.05) is 13.8 Å². The molecule has 1 rings (SSSR count). The average Bonchev–Trinajstić information content (AvgIpc) is 2.70. The van der Waals surface area contributed by atoms with Crippen LogP contribution in [0.25, 0.3) is 0 Å². The minimum absolute atomic E-state index is 0.0234. The zero-order valence-corrected chi connectivity index (χ0v) is 9.11. The highest BCUT2D eigenvalue weighted by atomic mass is 16.2. The number of tetrazole rings is 1. The van der Waals surface area contributed by atoms with E-state index in [-0.39, 0.29) is 17.6 Å². The van der Waals surface area contributed by atoms with Gasteiger partial charge in [-0.05, 0) is 18.1 Å². The SMILES string of the molecule is CC(C)C(C)(CN)NC(=O)c1nn[nH]n1. The largest absolute Gasteiger partial charge is 0.343 e. The Kier molecular flexibility index (Phi) is 3.35. The quantitative estimate of drug-likeness (QED) is 0.611. The summed E-state index contributed by atoms with van der Waals surface area (Å²) in [5.74, 6) is -0.126. The first-order valence-electron chi connectivity index (χ1n) is 4.75. The summed E-state index contributed by atoms with van der Waals surface area (Å²) in [4.78, 5) is 11.6. The second-order valence-electron chi connectivity index (χ2n) is 3.97. The number of aromatic nitrogens is 4. The number of nitrogens with zero attached hydrogens (tertiary/aromatic N) is 3. The van der Waals surface area contributed by atoms with Gasteiger partial charge in [-0.3, -0.25) is 4.79 Å². The molecule has 0 saturated heterocycles. The molecule has 7 nitrogen and oxygen atoms in total. The van der Waals surface area contributed by atoms with E-state index in [9.17, 15) is 4.79 Å². The number of hydrogen-bond acceptors (Lipinski definition) is 5. The number of carbonyl (C=O) groups is 1.